The Kier molecular flexibility index (Phi) is 4.37. The lowest BCUT2D eigenvalue weighted by molar-refractivity contribution is 0.102. The zero-order chi connectivity index (χ0) is 18.1. The fourth-order valence-electron chi connectivity index (χ4n) is 2.54. The number of methoxy groups -OCH3 is 2. The number of hydrogen-bond donors (Lipinski definition) is 2. The summed E-state index contributed by atoms with van der Waals surface area (Å²) < 4.78 is 11.8. The van der Waals surface area contributed by atoms with Gasteiger partial charge < -0.3 is 19.8 Å². The van der Waals surface area contributed by atoms with E-state index in [4.69, 9.17) is 21.1 Å². The number of aryl methyl sites for hydroxylation is 1. The number of amides is 1. The maximum Gasteiger partial charge on any atom is 0.274 e. The number of rotatable bonds is 4. The predicted molar refractivity (Wildman–Crippen MR) is 93.1 cm³/mol. The van der Waals surface area contributed by atoms with Crippen LogP contribution in [0.3, 0.4) is 0 Å². The van der Waals surface area contributed by atoms with Crippen molar-refractivity contribution in [2.75, 3.05) is 19.5 Å². The molecule has 1 amide bonds. The molecule has 2 N–H and O–H groups in total. The lowest BCUT2D eigenvalue weighted by Crippen LogP contribution is -2.17. The molecule has 9 heteroatoms. The van der Waals surface area contributed by atoms with Crippen LogP contribution in [0.5, 0.6) is 11.5 Å². The van der Waals surface area contributed by atoms with Gasteiger partial charge in [0.15, 0.2) is 0 Å². The second-order valence-electron chi connectivity index (χ2n) is 5.18. The minimum atomic E-state index is -0.497. The largest absolute Gasteiger partial charge is 0.495 e. The number of hydrogen-bond acceptors (Lipinski definition) is 5. The molecule has 1 aromatic carbocycles. The predicted octanol–water partition coefficient (Wildman–Crippen LogP) is 2.25. The Hall–Kier alpha value is -3.00. The summed E-state index contributed by atoms with van der Waals surface area (Å²) in [5, 5.41) is 7.20. The van der Waals surface area contributed by atoms with Crippen LogP contribution < -0.4 is 20.3 Å². The van der Waals surface area contributed by atoms with Crippen molar-refractivity contribution < 1.29 is 14.3 Å². The fourth-order valence-corrected chi connectivity index (χ4v) is 2.78. The standard InChI is InChI=1S/C16H15ClN4O4/c1-8-13(14-16(23)18-4-5-21(14)20-8)15(22)19-10-6-9(17)11(24-2)7-12(10)25-3/h4-7H,1-3H3,(H,18,23)(H,19,22). The molecule has 0 fully saturated rings. The first-order chi connectivity index (χ1) is 12.0. The summed E-state index contributed by atoms with van der Waals surface area (Å²) in [6.07, 6.45) is 3.01. The molecular weight excluding hydrogens is 348 g/mol. The van der Waals surface area contributed by atoms with E-state index in [0.717, 1.165) is 0 Å². The minimum Gasteiger partial charge on any atom is -0.495 e. The topological polar surface area (TPSA) is 97.7 Å². The lowest BCUT2D eigenvalue weighted by atomic mass is 10.2. The monoisotopic (exact) mass is 362 g/mol. The van der Waals surface area contributed by atoms with E-state index in [-0.39, 0.29) is 11.1 Å². The second-order valence-corrected chi connectivity index (χ2v) is 5.59. The normalized spacial score (nSPS) is 10.7. The van der Waals surface area contributed by atoms with Crippen LogP contribution in [0.4, 0.5) is 5.69 Å². The summed E-state index contributed by atoms with van der Waals surface area (Å²) in [7, 11) is 2.94. The Balaban J connectivity index is 2.06. The van der Waals surface area contributed by atoms with Crippen molar-refractivity contribution in [3.8, 4) is 11.5 Å². The molecule has 0 saturated heterocycles. The quantitative estimate of drug-likeness (QED) is 0.741. The Morgan fingerprint density at radius 1 is 1.28 bits per heavy atom. The summed E-state index contributed by atoms with van der Waals surface area (Å²) in [6, 6.07) is 3.08. The molecule has 0 unspecified atom stereocenters. The number of fused-ring (bicyclic) bond motifs is 1. The van der Waals surface area contributed by atoms with Crippen molar-refractivity contribution in [3.63, 3.8) is 0 Å². The molecule has 25 heavy (non-hydrogen) atoms. The first-order valence-corrected chi connectivity index (χ1v) is 7.63. The van der Waals surface area contributed by atoms with Gasteiger partial charge in [0, 0.05) is 18.5 Å². The number of H-pyrrole nitrogens is 1. The summed E-state index contributed by atoms with van der Waals surface area (Å²) in [4.78, 5) is 27.4. The molecule has 0 atom stereocenters. The lowest BCUT2D eigenvalue weighted by Gasteiger charge is -2.13. The number of halogens is 1. The molecule has 0 spiro atoms. The first kappa shape index (κ1) is 16.8. The molecule has 0 aliphatic rings. The molecule has 0 aliphatic carbocycles. The summed E-state index contributed by atoms with van der Waals surface area (Å²) in [5.74, 6) is 0.293. The Morgan fingerprint density at radius 2 is 2.00 bits per heavy atom. The van der Waals surface area contributed by atoms with Crippen LogP contribution in [-0.4, -0.2) is 34.7 Å². The average molecular weight is 363 g/mol. The van der Waals surface area contributed by atoms with E-state index < -0.39 is 11.5 Å². The highest BCUT2D eigenvalue weighted by Gasteiger charge is 2.21. The number of ether oxygens (including phenoxy) is 2. The van der Waals surface area contributed by atoms with E-state index >= 15 is 0 Å². The Morgan fingerprint density at radius 3 is 2.68 bits per heavy atom. The number of aromatic nitrogens is 3. The first-order valence-electron chi connectivity index (χ1n) is 7.25. The van der Waals surface area contributed by atoms with Gasteiger partial charge in [0.1, 0.15) is 17.0 Å². The number of carbonyl (C=O) groups excluding carboxylic acids is 1. The van der Waals surface area contributed by atoms with Crippen molar-refractivity contribution in [3.05, 3.63) is 51.2 Å². The van der Waals surface area contributed by atoms with Crippen molar-refractivity contribution in [1.82, 2.24) is 14.6 Å². The fraction of sp³-hybridized carbons (Fsp3) is 0.188. The zero-order valence-electron chi connectivity index (χ0n) is 13.7. The molecule has 130 valence electrons. The van der Waals surface area contributed by atoms with Crippen LogP contribution >= 0.6 is 11.6 Å². The Labute approximate surface area is 147 Å². The molecule has 3 aromatic rings. The van der Waals surface area contributed by atoms with Crippen molar-refractivity contribution in [1.29, 1.82) is 0 Å². The van der Waals surface area contributed by atoms with Crippen LogP contribution in [0.15, 0.2) is 29.3 Å². The minimum absolute atomic E-state index is 0.163. The third-order valence-electron chi connectivity index (χ3n) is 3.68. The van der Waals surface area contributed by atoms with E-state index in [0.29, 0.717) is 27.9 Å². The van der Waals surface area contributed by atoms with Crippen LogP contribution in [0.2, 0.25) is 5.02 Å². The highest BCUT2D eigenvalue weighted by Crippen LogP contribution is 2.36. The Bertz CT molecular complexity index is 1020. The van der Waals surface area contributed by atoms with Crippen LogP contribution in [0, 0.1) is 6.92 Å². The van der Waals surface area contributed by atoms with Gasteiger partial charge in [-0.25, -0.2) is 4.52 Å². The summed E-state index contributed by atoms with van der Waals surface area (Å²) >= 11 is 6.12. The van der Waals surface area contributed by atoms with Gasteiger partial charge in [0.25, 0.3) is 11.5 Å². The van der Waals surface area contributed by atoms with E-state index in [1.165, 1.54) is 31.0 Å². The molecular formula is C16H15ClN4O4. The van der Waals surface area contributed by atoms with Gasteiger partial charge in [-0.3, -0.25) is 9.59 Å². The van der Waals surface area contributed by atoms with Crippen molar-refractivity contribution >= 4 is 28.7 Å². The number of nitrogens with zero attached hydrogens (tertiary/aromatic N) is 2. The van der Waals surface area contributed by atoms with Gasteiger partial charge in [-0.2, -0.15) is 5.10 Å². The van der Waals surface area contributed by atoms with Gasteiger partial charge >= 0.3 is 0 Å². The number of nitrogens with one attached hydrogen (secondary N) is 2. The molecule has 2 aromatic heterocycles. The maximum atomic E-state index is 12.7. The second kappa shape index (κ2) is 6.48. The molecule has 0 bridgehead atoms. The van der Waals surface area contributed by atoms with Gasteiger partial charge in [-0.15, -0.1) is 0 Å². The average Bonchev–Trinajstić information content (AvgIpc) is 2.92. The van der Waals surface area contributed by atoms with Gasteiger partial charge in [0.2, 0.25) is 0 Å². The van der Waals surface area contributed by atoms with Crippen LogP contribution in [-0.2, 0) is 0 Å². The smallest absolute Gasteiger partial charge is 0.274 e. The van der Waals surface area contributed by atoms with E-state index in [2.05, 4.69) is 15.4 Å². The number of anilines is 1. The third kappa shape index (κ3) is 2.91. The van der Waals surface area contributed by atoms with Crippen molar-refractivity contribution in [2.45, 2.75) is 6.92 Å². The number of carbonyl (C=O) groups is 1. The van der Waals surface area contributed by atoms with Gasteiger partial charge in [-0.1, -0.05) is 11.6 Å². The zero-order valence-corrected chi connectivity index (χ0v) is 14.5. The van der Waals surface area contributed by atoms with E-state index in [9.17, 15) is 9.59 Å². The summed E-state index contributed by atoms with van der Waals surface area (Å²) in [6.45, 7) is 1.65. The van der Waals surface area contributed by atoms with E-state index in [1.807, 2.05) is 0 Å². The summed E-state index contributed by atoms with van der Waals surface area (Å²) in [5.41, 5.74) is 0.706. The SMILES string of the molecule is COc1cc(OC)c(NC(=O)c2c(C)nn3cc[nH]c(=O)c23)cc1Cl. The van der Waals surface area contributed by atoms with E-state index in [1.54, 1.807) is 19.2 Å². The van der Waals surface area contributed by atoms with Crippen LogP contribution in [0.1, 0.15) is 16.1 Å². The highest BCUT2D eigenvalue weighted by molar-refractivity contribution is 6.32. The molecule has 2 heterocycles. The molecule has 8 nitrogen and oxygen atoms in total. The van der Waals surface area contributed by atoms with Crippen molar-refractivity contribution in [2.24, 2.45) is 0 Å². The molecule has 0 aliphatic heterocycles. The number of aromatic amines is 1. The molecule has 3 rings (SSSR count). The van der Waals surface area contributed by atoms with Gasteiger partial charge in [-0.05, 0) is 13.0 Å². The highest BCUT2D eigenvalue weighted by atomic mass is 35.5. The maximum absolute atomic E-state index is 12.7. The van der Waals surface area contributed by atoms with Gasteiger partial charge in [0.05, 0.1) is 36.2 Å². The van der Waals surface area contributed by atoms with Crippen LogP contribution in [0.25, 0.3) is 5.52 Å². The third-order valence-corrected chi connectivity index (χ3v) is 3.98. The molecule has 0 radical (unpaired) electrons. The number of benzene rings is 1. The molecule has 0 saturated carbocycles.